The van der Waals surface area contributed by atoms with Crippen molar-refractivity contribution >= 4 is 11.7 Å². The molecule has 92 valence electrons. The van der Waals surface area contributed by atoms with E-state index in [9.17, 15) is 19.3 Å². The highest BCUT2D eigenvalue weighted by molar-refractivity contribution is 5.78. The highest BCUT2D eigenvalue weighted by atomic mass is 19.1. The van der Waals surface area contributed by atoms with Crippen molar-refractivity contribution in [3.63, 3.8) is 0 Å². The molecule has 1 aromatic carbocycles. The number of benzene rings is 1. The zero-order valence-electron chi connectivity index (χ0n) is 9.18. The topological polar surface area (TPSA) is 78.7 Å². The van der Waals surface area contributed by atoms with Gasteiger partial charge in [0, 0.05) is 6.07 Å². The molecule has 0 saturated carbocycles. The third-order valence-corrected chi connectivity index (χ3v) is 2.11. The van der Waals surface area contributed by atoms with Crippen LogP contribution >= 0.6 is 0 Å². The van der Waals surface area contributed by atoms with Gasteiger partial charge in [0.1, 0.15) is 5.75 Å². The number of alkyl halides is 1. The first kappa shape index (κ1) is 12.9. The lowest BCUT2D eigenvalue weighted by Crippen LogP contribution is -2.11. The monoisotopic (exact) mass is 243 g/mol. The quantitative estimate of drug-likeness (QED) is 0.457. The SMILES string of the molecule is COC(=O)[C@@H](F)c1cc(OC)ccc1[N+](=O)[O-]. The molecule has 0 unspecified atom stereocenters. The number of nitro benzene ring substituents is 1. The van der Waals surface area contributed by atoms with Gasteiger partial charge in [-0.1, -0.05) is 0 Å². The molecule has 1 rings (SSSR count). The van der Waals surface area contributed by atoms with Crippen molar-refractivity contribution in [3.8, 4) is 5.75 Å². The molecule has 0 aliphatic rings. The lowest BCUT2D eigenvalue weighted by molar-refractivity contribution is -0.386. The molecule has 1 atom stereocenters. The van der Waals surface area contributed by atoms with Crippen LogP contribution in [0.5, 0.6) is 5.75 Å². The maximum atomic E-state index is 13.6. The summed E-state index contributed by atoms with van der Waals surface area (Å²) in [5.41, 5.74) is -0.884. The second-order valence-electron chi connectivity index (χ2n) is 3.07. The van der Waals surface area contributed by atoms with Gasteiger partial charge in [-0.05, 0) is 12.1 Å². The van der Waals surface area contributed by atoms with E-state index in [0.717, 1.165) is 19.2 Å². The molecule has 0 spiro atoms. The first-order valence-electron chi connectivity index (χ1n) is 4.55. The van der Waals surface area contributed by atoms with E-state index < -0.39 is 22.8 Å². The number of carbonyl (C=O) groups is 1. The van der Waals surface area contributed by atoms with Crippen LogP contribution in [-0.2, 0) is 9.53 Å². The Kier molecular flexibility index (Phi) is 3.97. The van der Waals surface area contributed by atoms with Crippen LogP contribution in [0.2, 0.25) is 0 Å². The molecule has 0 radical (unpaired) electrons. The van der Waals surface area contributed by atoms with Gasteiger partial charge in [-0.3, -0.25) is 10.1 Å². The molecule has 0 bridgehead atoms. The van der Waals surface area contributed by atoms with Gasteiger partial charge in [0.15, 0.2) is 0 Å². The number of carbonyl (C=O) groups excluding carboxylic acids is 1. The van der Waals surface area contributed by atoms with Crippen molar-refractivity contribution in [3.05, 3.63) is 33.9 Å². The fraction of sp³-hybridized carbons (Fsp3) is 0.300. The van der Waals surface area contributed by atoms with E-state index in [-0.39, 0.29) is 11.3 Å². The predicted octanol–water partition coefficient (Wildman–Crippen LogP) is 1.79. The van der Waals surface area contributed by atoms with Gasteiger partial charge >= 0.3 is 5.97 Å². The molecular weight excluding hydrogens is 233 g/mol. The van der Waals surface area contributed by atoms with Crippen molar-refractivity contribution in [1.82, 2.24) is 0 Å². The zero-order valence-corrected chi connectivity index (χ0v) is 9.18. The number of ether oxygens (including phenoxy) is 2. The number of hydrogen-bond acceptors (Lipinski definition) is 5. The Morgan fingerprint density at radius 2 is 2.12 bits per heavy atom. The van der Waals surface area contributed by atoms with E-state index in [1.54, 1.807) is 0 Å². The van der Waals surface area contributed by atoms with Crippen LogP contribution in [0.25, 0.3) is 0 Å². The zero-order chi connectivity index (χ0) is 13.0. The molecule has 0 saturated heterocycles. The molecule has 17 heavy (non-hydrogen) atoms. The van der Waals surface area contributed by atoms with Crippen LogP contribution in [0.15, 0.2) is 18.2 Å². The van der Waals surface area contributed by atoms with Gasteiger partial charge in [-0.25, -0.2) is 9.18 Å². The lowest BCUT2D eigenvalue weighted by Gasteiger charge is -2.08. The van der Waals surface area contributed by atoms with E-state index in [1.165, 1.54) is 13.2 Å². The first-order valence-corrected chi connectivity index (χ1v) is 4.55. The number of nitro groups is 1. The lowest BCUT2D eigenvalue weighted by atomic mass is 10.1. The number of esters is 1. The average molecular weight is 243 g/mol. The van der Waals surface area contributed by atoms with Crippen molar-refractivity contribution < 1.29 is 23.6 Å². The molecule has 6 nitrogen and oxygen atoms in total. The largest absolute Gasteiger partial charge is 0.497 e. The second kappa shape index (κ2) is 5.24. The minimum absolute atomic E-state index is 0.220. The van der Waals surface area contributed by atoms with Crippen molar-refractivity contribution in [2.75, 3.05) is 14.2 Å². The van der Waals surface area contributed by atoms with Gasteiger partial charge in [-0.2, -0.15) is 0 Å². The van der Waals surface area contributed by atoms with Gasteiger partial charge < -0.3 is 9.47 Å². The Labute approximate surface area is 96.1 Å². The van der Waals surface area contributed by atoms with Crippen molar-refractivity contribution in [2.45, 2.75) is 6.17 Å². The molecule has 0 aliphatic carbocycles. The molecule has 0 aromatic heterocycles. The van der Waals surface area contributed by atoms with Crippen LogP contribution in [0.3, 0.4) is 0 Å². The van der Waals surface area contributed by atoms with Crippen LogP contribution in [-0.4, -0.2) is 25.1 Å². The Morgan fingerprint density at radius 3 is 2.59 bits per heavy atom. The summed E-state index contributed by atoms with van der Waals surface area (Å²) in [6.07, 6.45) is -2.21. The smallest absolute Gasteiger partial charge is 0.345 e. The summed E-state index contributed by atoms with van der Waals surface area (Å²) in [6.45, 7) is 0. The highest BCUT2D eigenvalue weighted by Gasteiger charge is 2.29. The molecule has 1 aromatic rings. The molecular formula is C10H10FNO5. The van der Waals surface area contributed by atoms with Crippen molar-refractivity contribution in [2.24, 2.45) is 0 Å². The fourth-order valence-electron chi connectivity index (χ4n) is 1.26. The number of halogens is 1. The van der Waals surface area contributed by atoms with E-state index in [1.807, 2.05) is 0 Å². The van der Waals surface area contributed by atoms with E-state index in [0.29, 0.717) is 0 Å². The molecule has 0 N–H and O–H groups in total. The van der Waals surface area contributed by atoms with Gasteiger partial charge in [0.2, 0.25) is 6.17 Å². The summed E-state index contributed by atoms with van der Waals surface area (Å²) in [7, 11) is 2.33. The Hall–Kier alpha value is -2.18. The summed E-state index contributed by atoms with van der Waals surface area (Å²) in [5, 5.41) is 10.7. The van der Waals surface area contributed by atoms with Gasteiger partial charge in [0.05, 0.1) is 24.7 Å². The standard InChI is InChI=1S/C10H10FNO5/c1-16-6-3-4-8(12(14)15)7(5-6)9(11)10(13)17-2/h3-5,9H,1-2H3/t9-/m0/s1. The number of rotatable bonds is 4. The number of hydrogen-bond donors (Lipinski definition) is 0. The number of nitrogens with zero attached hydrogens (tertiary/aromatic N) is 1. The van der Waals surface area contributed by atoms with Crippen molar-refractivity contribution in [1.29, 1.82) is 0 Å². The third-order valence-electron chi connectivity index (χ3n) is 2.11. The summed E-state index contributed by atoms with van der Waals surface area (Å²) < 4.78 is 22.6. The molecule has 0 amide bonds. The Balaban J connectivity index is 3.26. The molecule has 7 heteroatoms. The average Bonchev–Trinajstić information content (AvgIpc) is 2.35. The Morgan fingerprint density at radius 1 is 1.47 bits per heavy atom. The van der Waals surface area contributed by atoms with Crippen LogP contribution in [0.4, 0.5) is 10.1 Å². The van der Waals surface area contributed by atoms with Gasteiger partial charge in [-0.15, -0.1) is 0 Å². The van der Waals surface area contributed by atoms with E-state index in [2.05, 4.69) is 4.74 Å². The van der Waals surface area contributed by atoms with Gasteiger partial charge in [0.25, 0.3) is 5.69 Å². The molecule has 0 fully saturated rings. The number of methoxy groups -OCH3 is 2. The second-order valence-corrected chi connectivity index (χ2v) is 3.07. The predicted molar refractivity (Wildman–Crippen MR) is 55.5 cm³/mol. The summed E-state index contributed by atoms with van der Waals surface area (Å²) in [5.74, 6) is -0.974. The summed E-state index contributed by atoms with van der Waals surface area (Å²) in [4.78, 5) is 20.9. The van der Waals surface area contributed by atoms with Crippen LogP contribution in [0.1, 0.15) is 11.7 Å². The molecule has 0 aliphatic heterocycles. The maximum absolute atomic E-state index is 13.6. The van der Waals surface area contributed by atoms with Crippen LogP contribution < -0.4 is 4.74 Å². The summed E-state index contributed by atoms with van der Waals surface area (Å²) >= 11 is 0. The third kappa shape index (κ3) is 2.68. The fourth-order valence-corrected chi connectivity index (χ4v) is 1.26. The maximum Gasteiger partial charge on any atom is 0.345 e. The normalized spacial score (nSPS) is 11.7. The first-order chi connectivity index (χ1) is 8.01. The summed E-state index contributed by atoms with van der Waals surface area (Å²) in [6, 6.07) is 3.48. The minimum atomic E-state index is -2.21. The van der Waals surface area contributed by atoms with E-state index >= 15 is 0 Å². The van der Waals surface area contributed by atoms with Crippen LogP contribution in [0, 0.1) is 10.1 Å². The molecule has 0 heterocycles. The highest BCUT2D eigenvalue weighted by Crippen LogP contribution is 2.31. The minimum Gasteiger partial charge on any atom is -0.497 e. The van der Waals surface area contributed by atoms with E-state index in [4.69, 9.17) is 4.74 Å². The Bertz CT molecular complexity index is 448.